The molecule has 0 rings (SSSR count). The summed E-state index contributed by atoms with van der Waals surface area (Å²) in [4.78, 5) is 23.5. The van der Waals surface area contributed by atoms with Crippen molar-refractivity contribution in [1.82, 2.24) is 0 Å². The van der Waals surface area contributed by atoms with E-state index in [4.69, 9.17) is 0 Å². The Bertz CT molecular complexity index is 707. The van der Waals surface area contributed by atoms with E-state index in [9.17, 15) is 44.5 Å². The quantitative estimate of drug-likeness (QED) is 0.199. The smallest absolute Gasteiger partial charge is 0.468 e. The highest BCUT2D eigenvalue weighted by Gasteiger charge is 2.69. The van der Waals surface area contributed by atoms with Gasteiger partial charge in [-0.2, -0.15) is 22.0 Å². The lowest BCUT2D eigenvalue weighted by atomic mass is 10.1. The van der Waals surface area contributed by atoms with Crippen LogP contribution in [0.3, 0.4) is 0 Å². The average molecular weight is 427 g/mol. The maximum absolute atomic E-state index is 13.5. The molecular formula is C13H16F5O8S-. The second kappa shape index (κ2) is 7.67. The molecule has 0 spiro atoms. The molecule has 158 valence electrons. The minimum Gasteiger partial charge on any atom is -0.743 e. The standard InChI is InChI=1S/C13H17F5O8S/c1-7(2)8(19)25-12(13(16,17)18,9(20)26-10(3,4)5)24-6-11(14,15)27(21,22)23/h1,6H2,2-5H3,(H,21,22,23)/p-1. The first-order valence-corrected chi connectivity index (χ1v) is 8.23. The molecule has 0 aliphatic rings. The van der Waals surface area contributed by atoms with Crippen molar-refractivity contribution in [2.75, 3.05) is 6.61 Å². The lowest BCUT2D eigenvalue weighted by Crippen LogP contribution is -2.60. The Hall–Kier alpha value is -1.80. The Labute approximate surface area is 151 Å². The molecule has 0 heterocycles. The maximum atomic E-state index is 13.5. The average Bonchev–Trinajstić information content (AvgIpc) is 2.38. The van der Waals surface area contributed by atoms with Crippen LogP contribution in [0.25, 0.3) is 0 Å². The molecule has 1 unspecified atom stereocenters. The molecule has 0 fully saturated rings. The van der Waals surface area contributed by atoms with Gasteiger partial charge in [-0.25, -0.2) is 18.0 Å². The number of rotatable bonds is 7. The van der Waals surface area contributed by atoms with Crippen LogP contribution in [-0.2, 0) is 33.9 Å². The van der Waals surface area contributed by atoms with Crippen molar-refractivity contribution in [2.45, 2.75) is 50.5 Å². The van der Waals surface area contributed by atoms with Crippen LogP contribution >= 0.6 is 0 Å². The molecule has 0 radical (unpaired) electrons. The van der Waals surface area contributed by atoms with Gasteiger partial charge in [-0.1, -0.05) is 6.58 Å². The second-order valence-electron chi connectivity index (χ2n) is 6.17. The van der Waals surface area contributed by atoms with Crippen LogP contribution in [-0.4, -0.2) is 54.3 Å². The second-order valence-corrected chi connectivity index (χ2v) is 7.67. The first-order valence-electron chi connectivity index (χ1n) is 6.82. The van der Waals surface area contributed by atoms with Crippen LogP contribution in [0.5, 0.6) is 0 Å². The van der Waals surface area contributed by atoms with Crippen molar-refractivity contribution in [3.8, 4) is 0 Å². The SMILES string of the molecule is C=C(C)C(=O)OC(OCC(F)(F)S(=O)(=O)[O-])(C(=O)OC(C)(C)C)C(F)(F)F. The number of carbonyl (C=O) groups excluding carboxylic acids is 2. The van der Waals surface area contributed by atoms with Crippen LogP contribution in [0.15, 0.2) is 12.2 Å². The molecule has 1 atom stereocenters. The largest absolute Gasteiger partial charge is 0.743 e. The van der Waals surface area contributed by atoms with Crippen molar-refractivity contribution in [3.63, 3.8) is 0 Å². The molecule has 27 heavy (non-hydrogen) atoms. The summed E-state index contributed by atoms with van der Waals surface area (Å²) in [5.74, 6) is -9.13. The summed E-state index contributed by atoms with van der Waals surface area (Å²) >= 11 is 0. The van der Waals surface area contributed by atoms with Crippen LogP contribution in [0, 0.1) is 0 Å². The summed E-state index contributed by atoms with van der Waals surface area (Å²) in [5.41, 5.74) is -2.31. The third kappa shape index (κ3) is 6.39. The Morgan fingerprint density at radius 3 is 1.78 bits per heavy atom. The van der Waals surface area contributed by atoms with Gasteiger partial charge in [0, 0.05) is 5.57 Å². The van der Waals surface area contributed by atoms with E-state index in [2.05, 4.69) is 20.8 Å². The summed E-state index contributed by atoms with van der Waals surface area (Å²) in [6.45, 7) is 4.38. The highest BCUT2D eigenvalue weighted by molar-refractivity contribution is 7.86. The highest BCUT2D eigenvalue weighted by atomic mass is 32.2. The third-order valence-electron chi connectivity index (χ3n) is 2.43. The van der Waals surface area contributed by atoms with E-state index >= 15 is 0 Å². The van der Waals surface area contributed by atoms with Gasteiger partial charge in [-0.15, -0.1) is 0 Å². The number of alkyl halides is 5. The molecule has 0 aromatic carbocycles. The minimum absolute atomic E-state index is 0.681. The van der Waals surface area contributed by atoms with Gasteiger partial charge in [-0.05, 0) is 27.7 Å². The summed E-state index contributed by atoms with van der Waals surface area (Å²) in [6, 6.07) is 0. The van der Waals surface area contributed by atoms with Crippen molar-refractivity contribution in [1.29, 1.82) is 0 Å². The van der Waals surface area contributed by atoms with E-state index in [1.165, 1.54) is 0 Å². The normalized spacial score (nSPS) is 15.6. The molecule has 0 N–H and O–H groups in total. The van der Waals surface area contributed by atoms with Crippen LogP contribution in [0.4, 0.5) is 22.0 Å². The van der Waals surface area contributed by atoms with Gasteiger partial charge in [0.15, 0.2) is 10.1 Å². The number of hydrogen-bond acceptors (Lipinski definition) is 8. The molecule has 0 aliphatic heterocycles. The molecule has 0 saturated carbocycles. The Morgan fingerprint density at radius 2 is 1.48 bits per heavy atom. The number of esters is 2. The monoisotopic (exact) mass is 427 g/mol. The lowest BCUT2D eigenvalue weighted by molar-refractivity contribution is -0.362. The van der Waals surface area contributed by atoms with E-state index in [1.807, 2.05) is 0 Å². The van der Waals surface area contributed by atoms with Gasteiger partial charge in [0.1, 0.15) is 12.2 Å². The fourth-order valence-corrected chi connectivity index (χ4v) is 1.41. The summed E-state index contributed by atoms with van der Waals surface area (Å²) in [7, 11) is -6.46. The van der Waals surface area contributed by atoms with E-state index in [0.717, 1.165) is 27.7 Å². The first kappa shape index (κ1) is 25.2. The van der Waals surface area contributed by atoms with Crippen LogP contribution in [0.2, 0.25) is 0 Å². The van der Waals surface area contributed by atoms with E-state index in [1.54, 1.807) is 0 Å². The molecule has 8 nitrogen and oxygen atoms in total. The van der Waals surface area contributed by atoms with E-state index < -0.39 is 57.1 Å². The summed E-state index contributed by atoms with van der Waals surface area (Å²) < 4.78 is 110. The molecule has 0 aromatic heterocycles. The fourth-order valence-electron chi connectivity index (χ4n) is 1.21. The van der Waals surface area contributed by atoms with Crippen molar-refractivity contribution < 1.29 is 58.7 Å². The fraction of sp³-hybridized carbons (Fsp3) is 0.692. The predicted octanol–water partition coefficient (Wildman–Crippen LogP) is 1.86. The maximum Gasteiger partial charge on any atom is 0.468 e. The molecule has 0 aliphatic carbocycles. The Balaban J connectivity index is 6.27. The molecule has 0 saturated heterocycles. The highest BCUT2D eigenvalue weighted by Crippen LogP contribution is 2.39. The summed E-state index contributed by atoms with van der Waals surface area (Å²) in [5, 5.41) is -5.37. The van der Waals surface area contributed by atoms with Gasteiger partial charge < -0.3 is 18.8 Å². The van der Waals surface area contributed by atoms with Crippen molar-refractivity contribution in [2.24, 2.45) is 0 Å². The molecule has 0 bridgehead atoms. The van der Waals surface area contributed by atoms with Gasteiger partial charge in [0.2, 0.25) is 0 Å². The first-order chi connectivity index (χ1) is 11.7. The Morgan fingerprint density at radius 1 is 1.04 bits per heavy atom. The van der Waals surface area contributed by atoms with Crippen LogP contribution in [0.1, 0.15) is 27.7 Å². The molecular weight excluding hydrogens is 411 g/mol. The van der Waals surface area contributed by atoms with Crippen molar-refractivity contribution in [3.05, 3.63) is 12.2 Å². The number of carbonyl (C=O) groups is 2. The zero-order valence-electron chi connectivity index (χ0n) is 14.5. The number of hydrogen-bond donors (Lipinski definition) is 0. The Kier molecular flexibility index (Phi) is 7.16. The lowest BCUT2D eigenvalue weighted by Gasteiger charge is -2.35. The molecule has 0 amide bonds. The van der Waals surface area contributed by atoms with Gasteiger partial charge in [0.25, 0.3) is 0 Å². The number of ether oxygens (including phenoxy) is 3. The topological polar surface area (TPSA) is 119 Å². The van der Waals surface area contributed by atoms with E-state index in [-0.39, 0.29) is 0 Å². The summed E-state index contributed by atoms with van der Waals surface area (Å²) in [6.07, 6.45) is -6.00. The molecule has 0 aromatic rings. The zero-order valence-corrected chi connectivity index (χ0v) is 15.3. The van der Waals surface area contributed by atoms with Crippen LogP contribution < -0.4 is 0 Å². The predicted molar refractivity (Wildman–Crippen MR) is 76.1 cm³/mol. The molecule has 14 heteroatoms. The van der Waals surface area contributed by atoms with Gasteiger partial charge in [-0.3, -0.25) is 0 Å². The van der Waals surface area contributed by atoms with Gasteiger partial charge in [0.05, 0.1) is 0 Å². The zero-order chi connectivity index (χ0) is 22.1. The number of halogens is 5. The van der Waals surface area contributed by atoms with E-state index in [0.29, 0.717) is 0 Å². The van der Waals surface area contributed by atoms with Crippen molar-refractivity contribution >= 4 is 22.1 Å². The third-order valence-corrected chi connectivity index (χ3v) is 3.28. The van der Waals surface area contributed by atoms with Gasteiger partial charge >= 0.3 is 29.2 Å². The minimum atomic E-state index is -6.46.